The van der Waals surface area contributed by atoms with Crippen LogP contribution in [0.5, 0.6) is 5.75 Å². The molecule has 0 fully saturated rings. The predicted octanol–water partition coefficient (Wildman–Crippen LogP) is 3.01. The van der Waals surface area contributed by atoms with Gasteiger partial charge in [0.05, 0.1) is 19.3 Å². The fourth-order valence-electron chi connectivity index (χ4n) is 2.98. The molecule has 0 aliphatic carbocycles. The highest BCUT2D eigenvalue weighted by Gasteiger charge is 2.17. The van der Waals surface area contributed by atoms with Gasteiger partial charge in [-0.2, -0.15) is 0 Å². The van der Waals surface area contributed by atoms with Crippen molar-refractivity contribution in [2.45, 2.75) is 13.5 Å². The van der Waals surface area contributed by atoms with Crippen molar-refractivity contribution in [2.75, 3.05) is 25.6 Å². The minimum Gasteiger partial charge on any atom is -0.494 e. The van der Waals surface area contributed by atoms with Gasteiger partial charge in [0.2, 0.25) is 0 Å². The lowest BCUT2D eigenvalue weighted by molar-refractivity contribution is -0.147. The highest BCUT2D eigenvalue weighted by molar-refractivity contribution is 6.04. The number of hydrogen-bond acceptors (Lipinski definition) is 6. The number of aromatic nitrogens is 1. The average molecular weight is 410 g/mol. The second-order valence-corrected chi connectivity index (χ2v) is 6.35. The van der Waals surface area contributed by atoms with Crippen molar-refractivity contribution in [1.82, 2.24) is 4.57 Å². The summed E-state index contributed by atoms with van der Waals surface area (Å²) in [6.45, 7) is 1.87. The number of anilines is 1. The van der Waals surface area contributed by atoms with E-state index < -0.39 is 24.5 Å². The predicted molar refractivity (Wildman–Crippen MR) is 110 cm³/mol. The molecule has 0 radical (unpaired) electrons. The van der Waals surface area contributed by atoms with E-state index in [1.807, 2.05) is 6.92 Å². The number of esters is 2. The molecule has 0 aliphatic heterocycles. The largest absolute Gasteiger partial charge is 0.494 e. The molecule has 0 aliphatic rings. The summed E-state index contributed by atoms with van der Waals surface area (Å²) in [6.07, 6.45) is 1.54. The van der Waals surface area contributed by atoms with Gasteiger partial charge < -0.3 is 24.1 Å². The van der Waals surface area contributed by atoms with E-state index in [9.17, 15) is 14.4 Å². The number of benzene rings is 2. The number of fused-ring (bicyclic) bond motifs is 1. The minimum atomic E-state index is -0.603. The first-order valence-electron chi connectivity index (χ1n) is 9.36. The first-order chi connectivity index (χ1) is 14.5. The summed E-state index contributed by atoms with van der Waals surface area (Å²) in [4.78, 5) is 36.2. The Morgan fingerprint density at radius 3 is 2.47 bits per heavy atom. The van der Waals surface area contributed by atoms with E-state index in [-0.39, 0.29) is 6.54 Å². The van der Waals surface area contributed by atoms with Gasteiger partial charge in [0.25, 0.3) is 5.91 Å². The molecule has 0 saturated heterocycles. The highest BCUT2D eigenvalue weighted by atomic mass is 16.5. The summed E-state index contributed by atoms with van der Waals surface area (Å²) in [5, 5.41) is 3.32. The summed E-state index contributed by atoms with van der Waals surface area (Å²) in [5.74, 6) is -0.852. The summed E-state index contributed by atoms with van der Waals surface area (Å²) < 4.78 is 16.8. The number of ether oxygens (including phenoxy) is 3. The molecule has 1 aromatic heterocycles. The fourth-order valence-corrected chi connectivity index (χ4v) is 2.98. The Bertz CT molecular complexity index is 1060. The van der Waals surface area contributed by atoms with Crippen LogP contribution in [0.25, 0.3) is 10.9 Å². The molecule has 2 aromatic carbocycles. The summed E-state index contributed by atoms with van der Waals surface area (Å²) in [5.41, 5.74) is 1.61. The molecular formula is C22H22N2O6. The smallest absolute Gasteiger partial charge is 0.340 e. The van der Waals surface area contributed by atoms with Gasteiger partial charge in [-0.05, 0) is 37.3 Å². The van der Waals surface area contributed by atoms with Crippen LogP contribution in [0.1, 0.15) is 17.3 Å². The van der Waals surface area contributed by atoms with Crippen LogP contribution in [0, 0.1) is 0 Å². The molecule has 8 nitrogen and oxygen atoms in total. The van der Waals surface area contributed by atoms with Gasteiger partial charge in [0, 0.05) is 22.8 Å². The Morgan fingerprint density at radius 1 is 1.03 bits per heavy atom. The molecule has 0 atom stereocenters. The van der Waals surface area contributed by atoms with E-state index in [0.29, 0.717) is 34.5 Å². The maximum atomic E-state index is 12.2. The van der Waals surface area contributed by atoms with Crippen LogP contribution >= 0.6 is 0 Å². The topological polar surface area (TPSA) is 95.9 Å². The molecule has 1 heterocycles. The van der Waals surface area contributed by atoms with Gasteiger partial charge in [0.15, 0.2) is 6.61 Å². The van der Waals surface area contributed by atoms with Gasteiger partial charge in [-0.3, -0.25) is 9.59 Å². The summed E-state index contributed by atoms with van der Waals surface area (Å²) >= 11 is 0. The Labute approximate surface area is 173 Å². The maximum Gasteiger partial charge on any atom is 0.340 e. The van der Waals surface area contributed by atoms with Crippen molar-refractivity contribution >= 4 is 34.4 Å². The maximum absolute atomic E-state index is 12.2. The third-order valence-corrected chi connectivity index (χ3v) is 4.31. The van der Waals surface area contributed by atoms with Gasteiger partial charge in [-0.25, -0.2) is 4.79 Å². The molecule has 8 heteroatoms. The average Bonchev–Trinajstić information content (AvgIpc) is 3.12. The molecule has 0 bridgehead atoms. The van der Waals surface area contributed by atoms with E-state index in [2.05, 4.69) is 5.32 Å². The standard InChI is InChI=1S/C22H22N2O6/c1-3-29-16-10-8-15(9-11-16)23-20(25)14-30-21(26)13-24-12-18(22(27)28-2)17-6-4-5-7-19(17)24/h4-12H,3,13-14H2,1-2H3,(H,23,25). The van der Waals surface area contributed by atoms with E-state index in [0.717, 1.165) is 0 Å². The van der Waals surface area contributed by atoms with E-state index in [1.54, 1.807) is 53.1 Å². The first-order valence-corrected chi connectivity index (χ1v) is 9.36. The van der Waals surface area contributed by atoms with Gasteiger partial charge >= 0.3 is 11.9 Å². The lowest BCUT2D eigenvalue weighted by atomic mass is 10.2. The van der Waals surface area contributed by atoms with E-state index in [1.165, 1.54) is 13.3 Å². The van der Waals surface area contributed by atoms with Crippen LogP contribution in [-0.2, 0) is 25.6 Å². The Morgan fingerprint density at radius 2 is 1.77 bits per heavy atom. The van der Waals surface area contributed by atoms with Gasteiger partial charge in [0.1, 0.15) is 12.3 Å². The molecular weight excluding hydrogens is 388 g/mol. The quantitative estimate of drug-likeness (QED) is 0.574. The monoisotopic (exact) mass is 410 g/mol. The van der Waals surface area contributed by atoms with Gasteiger partial charge in [-0.15, -0.1) is 0 Å². The molecule has 0 saturated carbocycles. The Kier molecular flexibility index (Phi) is 6.69. The Balaban J connectivity index is 1.58. The van der Waals surface area contributed by atoms with Crippen molar-refractivity contribution in [3.05, 3.63) is 60.3 Å². The molecule has 3 rings (SSSR count). The fraction of sp³-hybridized carbons (Fsp3) is 0.227. The molecule has 0 spiro atoms. The second-order valence-electron chi connectivity index (χ2n) is 6.35. The minimum absolute atomic E-state index is 0.145. The number of amides is 1. The number of nitrogens with one attached hydrogen (secondary N) is 1. The molecule has 1 amide bonds. The van der Waals surface area contributed by atoms with Crippen molar-refractivity contribution < 1.29 is 28.6 Å². The number of methoxy groups -OCH3 is 1. The van der Waals surface area contributed by atoms with Crippen molar-refractivity contribution in [3.63, 3.8) is 0 Å². The lowest BCUT2D eigenvalue weighted by Crippen LogP contribution is -2.22. The number of carbonyl (C=O) groups excluding carboxylic acids is 3. The van der Waals surface area contributed by atoms with Crippen LogP contribution < -0.4 is 10.1 Å². The van der Waals surface area contributed by atoms with Crippen LogP contribution in [0.4, 0.5) is 5.69 Å². The zero-order valence-electron chi connectivity index (χ0n) is 16.7. The van der Waals surface area contributed by atoms with E-state index >= 15 is 0 Å². The number of rotatable bonds is 8. The Hall–Kier alpha value is -3.81. The molecule has 30 heavy (non-hydrogen) atoms. The number of nitrogens with zero attached hydrogens (tertiary/aromatic N) is 1. The van der Waals surface area contributed by atoms with Crippen molar-refractivity contribution in [2.24, 2.45) is 0 Å². The third kappa shape index (κ3) is 4.96. The number of hydrogen-bond donors (Lipinski definition) is 1. The number of para-hydroxylation sites is 1. The molecule has 1 N–H and O–H groups in total. The van der Waals surface area contributed by atoms with Crippen LogP contribution in [0.3, 0.4) is 0 Å². The van der Waals surface area contributed by atoms with Crippen LogP contribution in [0.2, 0.25) is 0 Å². The number of carbonyl (C=O) groups is 3. The van der Waals surface area contributed by atoms with E-state index in [4.69, 9.17) is 14.2 Å². The zero-order chi connectivity index (χ0) is 21.5. The van der Waals surface area contributed by atoms with Crippen LogP contribution in [-0.4, -0.2) is 42.7 Å². The third-order valence-electron chi connectivity index (χ3n) is 4.31. The van der Waals surface area contributed by atoms with Crippen molar-refractivity contribution in [1.29, 1.82) is 0 Å². The molecule has 0 unspecified atom stereocenters. The lowest BCUT2D eigenvalue weighted by Gasteiger charge is -2.09. The SMILES string of the molecule is CCOc1ccc(NC(=O)COC(=O)Cn2cc(C(=O)OC)c3ccccc32)cc1. The zero-order valence-corrected chi connectivity index (χ0v) is 16.7. The normalized spacial score (nSPS) is 10.5. The first kappa shape index (κ1) is 20.9. The second kappa shape index (κ2) is 9.60. The highest BCUT2D eigenvalue weighted by Crippen LogP contribution is 2.22. The summed E-state index contributed by atoms with van der Waals surface area (Å²) in [7, 11) is 1.30. The van der Waals surface area contributed by atoms with Gasteiger partial charge in [-0.1, -0.05) is 18.2 Å². The molecule has 156 valence electrons. The van der Waals surface area contributed by atoms with Crippen molar-refractivity contribution in [3.8, 4) is 5.75 Å². The molecule has 3 aromatic rings. The van der Waals surface area contributed by atoms with Crippen LogP contribution in [0.15, 0.2) is 54.7 Å². The summed E-state index contributed by atoms with van der Waals surface area (Å²) in [6, 6.07) is 14.0.